The lowest BCUT2D eigenvalue weighted by Crippen LogP contribution is -2.08. The third-order valence-corrected chi connectivity index (χ3v) is 4.52. The van der Waals surface area contributed by atoms with E-state index in [1.165, 1.54) is 12.1 Å². The van der Waals surface area contributed by atoms with Crippen molar-refractivity contribution in [2.24, 2.45) is 0 Å². The zero-order chi connectivity index (χ0) is 14.9. The second kappa shape index (κ2) is 5.28. The van der Waals surface area contributed by atoms with E-state index >= 15 is 0 Å². The fraction of sp³-hybridized carbons (Fsp3) is 0.143. The summed E-state index contributed by atoms with van der Waals surface area (Å²) in [7, 11) is -4.08. The van der Waals surface area contributed by atoms with Gasteiger partial charge in [-0.3, -0.25) is 0 Å². The zero-order valence-corrected chi connectivity index (χ0v) is 11.3. The van der Waals surface area contributed by atoms with E-state index < -0.39 is 37.9 Å². The van der Waals surface area contributed by atoms with Gasteiger partial charge in [0.15, 0.2) is 9.84 Å². The summed E-state index contributed by atoms with van der Waals surface area (Å²) >= 11 is 0. The van der Waals surface area contributed by atoms with Crippen LogP contribution in [0.3, 0.4) is 0 Å². The van der Waals surface area contributed by atoms with Crippen LogP contribution in [0, 0.1) is 24.4 Å². The molecule has 0 radical (unpaired) electrons. The molecular formula is C14H11F3O2S. The van der Waals surface area contributed by atoms with Crippen LogP contribution in [0.5, 0.6) is 0 Å². The van der Waals surface area contributed by atoms with Gasteiger partial charge in [-0.2, -0.15) is 0 Å². The van der Waals surface area contributed by atoms with E-state index in [0.717, 1.165) is 18.2 Å². The smallest absolute Gasteiger partial charge is 0.185 e. The molecule has 0 aliphatic rings. The normalized spacial score (nSPS) is 11.6. The first-order valence-electron chi connectivity index (χ1n) is 5.72. The Morgan fingerprint density at radius 2 is 1.65 bits per heavy atom. The van der Waals surface area contributed by atoms with Crippen LogP contribution >= 0.6 is 0 Å². The summed E-state index contributed by atoms with van der Waals surface area (Å²) in [6.45, 7) is 1.54. The summed E-state index contributed by atoms with van der Waals surface area (Å²) < 4.78 is 64.0. The average Bonchev–Trinajstić information content (AvgIpc) is 2.36. The third-order valence-electron chi connectivity index (χ3n) is 2.82. The van der Waals surface area contributed by atoms with Crippen molar-refractivity contribution in [2.45, 2.75) is 17.6 Å². The molecule has 0 heterocycles. The minimum absolute atomic E-state index is 0.178. The maximum atomic E-state index is 13.5. The number of aryl methyl sites for hydroxylation is 1. The number of rotatable bonds is 3. The van der Waals surface area contributed by atoms with Crippen molar-refractivity contribution < 1.29 is 21.6 Å². The minimum atomic E-state index is -4.08. The molecule has 0 saturated carbocycles. The Morgan fingerprint density at radius 3 is 2.30 bits per heavy atom. The van der Waals surface area contributed by atoms with Crippen molar-refractivity contribution in [2.75, 3.05) is 0 Å². The molecule has 2 nitrogen and oxygen atoms in total. The topological polar surface area (TPSA) is 34.1 Å². The summed E-state index contributed by atoms with van der Waals surface area (Å²) in [6.07, 6.45) is 0. The molecule has 2 aromatic rings. The van der Waals surface area contributed by atoms with Gasteiger partial charge in [0.25, 0.3) is 0 Å². The Bertz CT molecular complexity index is 755. The Labute approximate surface area is 114 Å². The molecule has 20 heavy (non-hydrogen) atoms. The van der Waals surface area contributed by atoms with E-state index in [1.807, 2.05) is 0 Å². The van der Waals surface area contributed by atoms with Crippen molar-refractivity contribution in [3.63, 3.8) is 0 Å². The van der Waals surface area contributed by atoms with Crippen LogP contribution in [0.25, 0.3) is 0 Å². The predicted molar refractivity (Wildman–Crippen MR) is 68.4 cm³/mol. The van der Waals surface area contributed by atoms with Crippen molar-refractivity contribution >= 4 is 9.84 Å². The molecule has 6 heteroatoms. The van der Waals surface area contributed by atoms with Crippen LogP contribution < -0.4 is 0 Å². The monoisotopic (exact) mass is 300 g/mol. The molecule has 0 saturated heterocycles. The highest BCUT2D eigenvalue weighted by Gasteiger charge is 2.21. The molecule has 2 aromatic carbocycles. The number of sulfone groups is 1. The van der Waals surface area contributed by atoms with Crippen LogP contribution in [0.1, 0.15) is 11.1 Å². The lowest BCUT2D eigenvalue weighted by Gasteiger charge is -2.07. The first-order valence-corrected chi connectivity index (χ1v) is 7.37. The zero-order valence-electron chi connectivity index (χ0n) is 10.5. The SMILES string of the molecule is Cc1ccc(CS(=O)(=O)c2cc(F)ccc2F)cc1F. The number of benzene rings is 2. The Hall–Kier alpha value is -1.82. The molecular weight excluding hydrogens is 289 g/mol. The number of halogens is 3. The summed E-state index contributed by atoms with van der Waals surface area (Å²) in [5, 5.41) is 0. The van der Waals surface area contributed by atoms with Crippen molar-refractivity contribution in [3.05, 3.63) is 65.0 Å². The van der Waals surface area contributed by atoms with E-state index in [9.17, 15) is 21.6 Å². The standard InChI is InChI=1S/C14H11F3O2S/c1-9-2-3-10(6-13(9)17)8-20(18,19)14-7-11(15)4-5-12(14)16/h2-7H,8H2,1H3. The summed E-state index contributed by atoms with van der Waals surface area (Å²) in [4.78, 5) is -0.724. The number of hydrogen-bond acceptors (Lipinski definition) is 2. The molecule has 0 aromatic heterocycles. The minimum Gasteiger partial charge on any atom is -0.223 e. The third kappa shape index (κ3) is 3.01. The molecule has 0 unspecified atom stereocenters. The van der Waals surface area contributed by atoms with Gasteiger partial charge in [0, 0.05) is 0 Å². The molecule has 0 aliphatic heterocycles. The van der Waals surface area contributed by atoms with Crippen LogP contribution in [0.2, 0.25) is 0 Å². The van der Waals surface area contributed by atoms with Crippen LogP contribution in [-0.2, 0) is 15.6 Å². The largest absolute Gasteiger partial charge is 0.223 e. The van der Waals surface area contributed by atoms with E-state index in [1.54, 1.807) is 6.92 Å². The molecule has 0 bridgehead atoms. The Balaban J connectivity index is 2.40. The lowest BCUT2D eigenvalue weighted by molar-refractivity contribution is 0.552. The van der Waals surface area contributed by atoms with Gasteiger partial charge in [-0.1, -0.05) is 12.1 Å². The van der Waals surface area contributed by atoms with Gasteiger partial charge in [0.05, 0.1) is 5.75 Å². The molecule has 0 N–H and O–H groups in total. The van der Waals surface area contributed by atoms with Crippen molar-refractivity contribution in [3.8, 4) is 0 Å². The quantitative estimate of drug-likeness (QED) is 0.871. The van der Waals surface area contributed by atoms with Crippen molar-refractivity contribution in [1.29, 1.82) is 0 Å². The van der Waals surface area contributed by atoms with Crippen LogP contribution in [0.15, 0.2) is 41.3 Å². The fourth-order valence-corrected chi connectivity index (χ4v) is 3.17. The molecule has 106 valence electrons. The summed E-state index contributed by atoms with van der Waals surface area (Å²) in [5.74, 6) is -3.01. The van der Waals surface area contributed by atoms with E-state index in [-0.39, 0.29) is 5.56 Å². The highest BCUT2D eigenvalue weighted by atomic mass is 32.2. The van der Waals surface area contributed by atoms with Crippen molar-refractivity contribution in [1.82, 2.24) is 0 Å². The number of hydrogen-bond donors (Lipinski definition) is 0. The van der Waals surface area contributed by atoms with Crippen LogP contribution in [0.4, 0.5) is 13.2 Å². The Kier molecular flexibility index (Phi) is 3.85. The van der Waals surface area contributed by atoms with E-state index in [2.05, 4.69) is 0 Å². The van der Waals surface area contributed by atoms with Crippen LogP contribution in [-0.4, -0.2) is 8.42 Å². The van der Waals surface area contributed by atoms with Gasteiger partial charge in [-0.25, -0.2) is 21.6 Å². The maximum absolute atomic E-state index is 13.5. The highest BCUT2D eigenvalue weighted by molar-refractivity contribution is 7.90. The highest BCUT2D eigenvalue weighted by Crippen LogP contribution is 2.21. The van der Waals surface area contributed by atoms with E-state index in [4.69, 9.17) is 0 Å². The Morgan fingerprint density at radius 1 is 0.950 bits per heavy atom. The molecule has 0 aliphatic carbocycles. The first-order chi connectivity index (χ1) is 9.29. The molecule has 0 amide bonds. The van der Waals surface area contributed by atoms with Gasteiger partial charge in [-0.15, -0.1) is 0 Å². The van der Waals surface area contributed by atoms with Gasteiger partial charge in [-0.05, 0) is 42.3 Å². The van der Waals surface area contributed by atoms with Gasteiger partial charge in [0.2, 0.25) is 0 Å². The molecule has 0 spiro atoms. The summed E-state index contributed by atoms with van der Waals surface area (Å²) in [5.41, 5.74) is 0.555. The fourth-order valence-electron chi connectivity index (χ4n) is 1.74. The molecule has 2 rings (SSSR count). The lowest BCUT2D eigenvalue weighted by atomic mass is 10.2. The average molecular weight is 300 g/mol. The predicted octanol–water partition coefficient (Wildman–Crippen LogP) is 3.39. The van der Waals surface area contributed by atoms with Gasteiger partial charge in [0.1, 0.15) is 22.3 Å². The second-order valence-corrected chi connectivity index (χ2v) is 6.38. The van der Waals surface area contributed by atoms with Gasteiger partial charge < -0.3 is 0 Å². The second-order valence-electron chi connectivity index (χ2n) is 4.42. The van der Waals surface area contributed by atoms with Gasteiger partial charge >= 0.3 is 0 Å². The maximum Gasteiger partial charge on any atom is 0.185 e. The van der Waals surface area contributed by atoms with E-state index in [0.29, 0.717) is 11.6 Å². The molecule has 0 atom stereocenters. The first kappa shape index (κ1) is 14.6. The molecule has 0 fully saturated rings. The summed E-state index contributed by atoms with van der Waals surface area (Å²) in [6, 6.07) is 6.15.